The summed E-state index contributed by atoms with van der Waals surface area (Å²) in [6.45, 7) is 2.66. The fraction of sp³-hybridized carbons (Fsp3) is 0.250. The van der Waals surface area contributed by atoms with Gasteiger partial charge in [-0.1, -0.05) is 48.0 Å². The highest BCUT2D eigenvalue weighted by Crippen LogP contribution is 2.41. The average molecular weight is 287 g/mol. The number of rotatable bonds is 3. The maximum Gasteiger partial charge on any atom is 0.124 e. The molecule has 1 unspecified atom stereocenters. The average Bonchev–Trinajstić information content (AvgIpc) is 2.98. The molecule has 3 nitrogen and oxygen atoms in total. The number of para-hydroxylation sites is 1. The Morgan fingerprint density at radius 1 is 1.15 bits per heavy atom. The predicted octanol–water partition coefficient (Wildman–Crippen LogP) is 3.43. The normalized spacial score (nSPS) is 21.9. The minimum absolute atomic E-state index is 0.370. The molecule has 1 aliphatic rings. The molecule has 1 aliphatic heterocycles. The van der Waals surface area contributed by atoms with Gasteiger partial charge in [0.25, 0.3) is 0 Å². The van der Waals surface area contributed by atoms with E-state index in [1.54, 1.807) is 7.11 Å². The summed E-state index contributed by atoms with van der Waals surface area (Å²) in [5.41, 5.74) is 3.15. The molecule has 3 rings (SSSR count). The molecule has 1 atom stereocenters. The molecule has 0 spiro atoms. The summed E-state index contributed by atoms with van der Waals surface area (Å²) in [4.78, 5) is 0. The van der Waals surface area contributed by atoms with E-state index in [0.717, 1.165) is 11.3 Å². The first-order chi connectivity index (χ1) is 9.76. The van der Waals surface area contributed by atoms with E-state index in [-0.39, 0.29) is 5.54 Å². The summed E-state index contributed by atoms with van der Waals surface area (Å²) in [6, 6.07) is 16.6. The van der Waals surface area contributed by atoms with Crippen LogP contribution < -0.4 is 9.46 Å². The molecular weight excluding hydrogens is 270 g/mol. The van der Waals surface area contributed by atoms with Crippen molar-refractivity contribution in [1.82, 2.24) is 4.72 Å². The Hall–Kier alpha value is -1.49. The molecule has 4 heteroatoms. The summed E-state index contributed by atoms with van der Waals surface area (Å²) >= 11 is 1.29. The van der Waals surface area contributed by atoms with Crippen molar-refractivity contribution in [3.8, 4) is 5.75 Å². The van der Waals surface area contributed by atoms with Gasteiger partial charge in [0.05, 0.1) is 25.9 Å². The zero-order chi connectivity index (χ0) is 14.0. The molecule has 2 aromatic rings. The van der Waals surface area contributed by atoms with Gasteiger partial charge in [-0.3, -0.25) is 4.18 Å². The summed E-state index contributed by atoms with van der Waals surface area (Å²) < 4.78 is 14.5. The smallest absolute Gasteiger partial charge is 0.124 e. The predicted molar refractivity (Wildman–Crippen MR) is 81.6 cm³/mol. The molecule has 0 bridgehead atoms. The van der Waals surface area contributed by atoms with E-state index < -0.39 is 0 Å². The number of hydrogen-bond acceptors (Lipinski definition) is 4. The van der Waals surface area contributed by atoms with Crippen molar-refractivity contribution in [1.29, 1.82) is 0 Å². The molecule has 0 saturated carbocycles. The second-order valence-electron chi connectivity index (χ2n) is 4.92. The van der Waals surface area contributed by atoms with E-state index >= 15 is 0 Å². The number of aryl methyl sites for hydroxylation is 1. The van der Waals surface area contributed by atoms with Crippen LogP contribution in [0, 0.1) is 6.92 Å². The lowest BCUT2D eigenvalue weighted by Crippen LogP contribution is -2.38. The minimum Gasteiger partial charge on any atom is -0.496 e. The first kappa shape index (κ1) is 13.5. The molecule has 2 aromatic carbocycles. The molecule has 0 aromatic heterocycles. The van der Waals surface area contributed by atoms with Gasteiger partial charge in [0.15, 0.2) is 0 Å². The van der Waals surface area contributed by atoms with E-state index in [9.17, 15) is 0 Å². The maximum absolute atomic E-state index is 5.55. The summed E-state index contributed by atoms with van der Waals surface area (Å²) in [6.07, 6.45) is 0. The van der Waals surface area contributed by atoms with Gasteiger partial charge in [-0.05, 0) is 18.6 Å². The molecule has 0 radical (unpaired) electrons. The second kappa shape index (κ2) is 5.48. The highest BCUT2D eigenvalue weighted by Gasteiger charge is 2.41. The van der Waals surface area contributed by atoms with Gasteiger partial charge in [-0.2, -0.15) is 0 Å². The number of benzene rings is 2. The Labute approximate surface area is 123 Å². The molecule has 0 amide bonds. The highest BCUT2D eigenvalue weighted by atomic mass is 32.2. The van der Waals surface area contributed by atoms with Gasteiger partial charge in [0.1, 0.15) is 11.3 Å². The fourth-order valence-electron chi connectivity index (χ4n) is 2.51. The van der Waals surface area contributed by atoms with Crippen molar-refractivity contribution in [2.75, 3.05) is 13.7 Å². The fourth-order valence-corrected chi connectivity index (χ4v) is 3.24. The molecular formula is C16H17NO2S. The Morgan fingerprint density at radius 2 is 1.90 bits per heavy atom. The standard InChI is InChI=1S/C16H17NO2S/c1-12-7-9-13(10-8-12)16(11-19-20-17-16)14-5-3-4-6-15(14)18-2/h3-10,17H,11H2,1-2H3. The largest absolute Gasteiger partial charge is 0.496 e. The van der Waals surface area contributed by atoms with Gasteiger partial charge in [-0.15, -0.1) is 0 Å². The third kappa shape index (κ3) is 2.20. The van der Waals surface area contributed by atoms with Crippen LogP contribution in [-0.2, 0) is 9.72 Å². The molecule has 0 aliphatic carbocycles. The minimum atomic E-state index is -0.370. The van der Waals surface area contributed by atoms with Crippen LogP contribution in [0.3, 0.4) is 0 Å². The lowest BCUT2D eigenvalue weighted by Gasteiger charge is -2.29. The highest BCUT2D eigenvalue weighted by molar-refractivity contribution is 7.92. The Bertz CT molecular complexity index is 592. The molecule has 1 heterocycles. The first-order valence-corrected chi connectivity index (χ1v) is 7.27. The molecule has 1 N–H and O–H groups in total. The lowest BCUT2D eigenvalue weighted by molar-refractivity contribution is 0.308. The van der Waals surface area contributed by atoms with Crippen LogP contribution >= 0.6 is 12.2 Å². The van der Waals surface area contributed by atoms with Gasteiger partial charge < -0.3 is 4.74 Å². The SMILES string of the molecule is COc1ccccc1C1(c2ccc(C)cc2)COSN1. The van der Waals surface area contributed by atoms with Crippen LogP contribution in [0.25, 0.3) is 0 Å². The van der Waals surface area contributed by atoms with Crippen molar-refractivity contribution >= 4 is 12.2 Å². The molecule has 104 valence electrons. The van der Waals surface area contributed by atoms with Crippen LogP contribution in [0.4, 0.5) is 0 Å². The number of methoxy groups -OCH3 is 1. The van der Waals surface area contributed by atoms with Gasteiger partial charge in [0.2, 0.25) is 0 Å². The summed E-state index contributed by atoms with van der Waals surface area (Å²) in [7, 11) is 1.70. The number of nitrogens with one attached hydrogen (secondary N) is 1. The molecule has 1 fully saturated rings. The Morgan fingerprint density at radius 3 is 2.55 bits per heavy atom. The van der Waals surface area contributed by atoms with Crippen LogP contribution in [0.15, 0.2) is 48.5 Å². The Kier molecular flexibility index (Phi) is 3.70. The van der Waals surface area contributed by atoms with E-state index in [1.165, 1.54) is 23.4 Å². The topological polar surface area (TPSA) is 30.5 Å². The van der Waals surface area contributed by atoms with Gasteiger partial charge in [0, 0.05) is 5.56 Å². The van der Waals surface area contributed by atoms with Gasteiger partial charge >= 0.3 is 0 Å². The van der Waals surface area contributed by atoms with Crippen molar-refractivity contribution in [3.63, 3.8) is 0 Å². The van der Waals surface area contributed by atoms with Crippen molar-refractivity contribution in [3.05, 3.63) is 65.2 Å². The Balaban J connectivity index is 2.15. The molecule has 20 heavy (non-hydrogen) atoms. The van der Waals surface area contributed by atoms with Crippen molar-refractivity contribution in [2.45, 2.75) is 12.5 Å². The summed E-state index contributed by atoms with van der Waals surface area (Å²) in [5, 5.41) is 0. The van der Waals surface area contributed by atoms with Crippen LogP contribution in [0.2, 0.25) is 0 Å². The summed E-state index contributed by atoms with van der Waals surface area (Å²) in [5.74, 6) is 0.867. The van der Waals surface area contributed by atoms with E-state index in [4.69, 9.17) is 8.92 Å². The third-order valence-corrected chi connectivity index (χ3v) is 4.33. The quantitative estimate of drug-likeness (QED) is 0.692. The molecule has 1 saturated heterocycles. The third-order valence-electron chi connectivity index (χ3n) is 3.66. The van der Waals surface area contributed by atoms with Crippen LogP contribution in [-0.4, -0.2) is 13.7 Å². The monoisotopic (exact) mass is 287 g/mol. The van der Waals surface area contributed by atoms with E-state index in [2.05, 4.69) is 42.0 Å². The van der Waals surface area contributed by atoms with E-state index in [0.29, 0.717) is 6.61 Å². The van der Waals surface area contributed by atoms with Crippen LogP contribution in [0.1, 0.15) is 16.7 Å². The zero-order valence-corrected chi connectivity index (χ0v) is 12.4. The zero-order valence-electron chi connectivity index (χ0n) is 11.6. The van der Waals surface area contributed by atoms with Crippen molar-refractivity contribution in [2.24, 2.45) is 0 Å². The van der Waals surface area contributed by atoms with Crippen LogP contribution in [0.5, 0.6) is 5.75 Å². The lowest BCUT2D eigenvalue weighted by atomic mass is 9.83. The first-order valence-electron chi connectivity index (χ1n) is 6.52. The van der Waals surface area contributed by atoms with Gasteiger partial charge in [-0.25, -0.2) is 4.72 Å². The number of hydrogen-bond donors (Lipinski definition) is 1. The maximum atomic E-state index is 5.55. The van der Waals surface area contributed by atoms with E-state index in [1.807, 2.05) is 18.2 Å². The second-order valence-corrected chi connectivity index (χ2v) is 5.53. The van der Waals surface area contributed by atoms with Crippen molar-refractivity contribution < 1.29 is 8.92 Å². The number of ether oxygens (including phenoxy) is 1.